The first-order chi connectivity index (χ1) is 9.34. The zero-order chi connectivity index (χ0) is 14.5. The van der Waals surface area contributed by atoms with Crippen molar-refractivity contribution in [3.8, 4) is 0 Å². The molecule has 2 aliphatic rings. The molecular weight excluding hydrogens is 266 g/mol. The van der Waals surface area contributed by atoms with Crippen LogP contribution < -0.4 is 5.32 Å². The van der Waals surface area contributed by atoms with Gasteiger partial charge in [-0.1, -0.05) is 45.4 Å². The minimum absolute atomic E-state index is 0.278. The van der Waals surface area contributed by atoms with Gasteiger partial charge in [-0.3, -0.25) is 0 Å². The maximum Gasteiger partial charge on any atom is 0.0409 e. The fourth-order valence-corrected chi connectivity index (χ4v) is 4.00. The molecule has 1 aromatic rings. The van der Waals surface area contributed by atoms with Crippen LogP contribution in [0.15, 0.2) is 18.2 Å². The molecule has 0 heterocycles. The van der Waals surface area contributed by atoms with Crippen LogP contribution in [0.2, 0.25) is 5.02 Å². The maximum absolute atomic E-state index is 6.21. The molecule has 0 aromatic heterocycles. The molecule has 3 rings (SSSR count). The summed E-state index contributed by atoms with van der Waals surface area (Å²) < 4.78 is 0. The first-order valence-electron chi connectivity index (χ1n) is 7.86. The van der Waals surface area contributed by atoms with Crippen LogP contribution in [-0.4, -0.2) is 6.54 Å². The van der Waals surface area contributed by atoms with Crippen LogP contribution in [0.25, 0.3) is 0 Å². The van der Waals surface area contributed by atoms with E-state index in [0.29, 0.717) is 11.5 Å². The van der Waals surface area contributed by atoms with Crippen LogP contribution in [0, 0.1) is 16.7 Å². The van der Waals surface area contributed by atoms with Gasteiger partial charge in [-0.15, -0.1) is 0 Å². The molecule has 2 heteroatoms. The van der Waals surface area contributed by atoms with Crippen LogP contribution in [0.3, 0.4) is 0 Å². The van der Waals surface area contributed by atoms with E-state index in [4.69, 9.17) is 11.6 Å². The van der Waals surface area contributed by atoms with Crippen LogP contribution in [0.1, 0.15) is 57.7 Å². The summed E-state index contributed by atoms with van der Waals surface area (Å²) in [6.45, 7) is 10.6. The highest BCUT2D eigenvalue weighted by Gasteiger charge is 2.47. The van der Waals surface area contributed by atoms with E-state index < -0.39 is 0 Å². The standard InChI is InChI=1S/C18H26ClN/c1-12(2)18(7-8-18)11-20-16-15-9-14(19)6-5-13(15)10-17(16,3)4/h5-6,9,12,16,20H,7-8,10-11H2,1-4H3. The molecule has 1 N–H and O–H groups in total. The minimum atomic E-state index is 0.278. The van der Waals surface area contributed by atoms with Gasteiger partial charge in [0.2, 0.25) is 0 Å². The van der Waals surface area contributed by atoms with Crippen molar-refractivity contribution in [1.29, 1.82) is 0 Å². The van der Waals surface area contributed by atoms with Gasteiger partial charge in [0.25, 0.3) is 0 Å². The SMILES string of the molecule is CC(C)C1(CNC2c3cc(Cl)ccc3CC2(C)C)CC1. The second-order valence-corrected chi connectivity index (χ2v) is 8.28. The Balaban J connectivity index is 1.80. The van der Waals surface area contributed by atoms with Gasteiger partial charge in [-0.25, -0.2) is 0 Å². The lowest BCUT2D eigenvalue weighted by Gasteiger charge is -2.31. The third-order valence-corrected chi connectivity index (χ3v) is 5.86. The molecular formula is C18H26ClN. The first-order valence-corrected chi connectivity index (χ1v) is 8.24. The number of benzene rings is 1. The lowest BCUT2D eigenvalue weighted by molar-refractivity contribution is 0.235. The Labute approximate surface area is 128 Å². The average Bonchev–Trinajstić information content (AvgIpc) is 3.09. The van der Waals surface area contributed by atoms with Gasteiger partial charge in [-0.05, 0) is 59.3 Å². The Morgan fingerprint density at radius 3 is 2.60 bits per heavy atom. The van der Waals surface area contributed by atoms with Gasteiger partial charge in [0.1, 0.15) is 0 Å². The highest BCUT2D eigenvalue weighted by molar-refractivity contribution is 6.30. The highest BCUT2D eigenvalue weighted by atomic mass is 35.5. The van der Waals surface area contributed by atoms with Crippen LogP contribution in [0.5, 0.6) is 0 Å². The van der Waals surface area contributed by atoms with Crippen LogP contribution in [-0.2, 0) is 6.42 Å². The molecule has 0 bridgehead atoms. The molecule has 0 spiro atoms. The zero-order valence-corrected chi connectivity index (χ0v) is 13.8. The van der Waals surface area contributed by atoms with Crippen molar-refractivity contribution in [3.63, 3.8) is 0 Å². The molecule has 0 radical (unpaired) electrons. The van der Waals surface area contributed by atoms with Crippen molar-refractivity contribution in [3.05, 3.63) is 34.3 Å². The summed E-state index contributed by atoms with van der Waals surface area (Å²) in [5.74, 6) is 0.776. The Morgan fingerprint density at radius 2 is 2.00 bits per heavy atom. The molecule has 0 amide bonds. The van der Waals surface area contributed by atoms with Crippen molar-refractivity contribution in [1.82, 2.24) is 5.32 Å². The van der Waals surface area contributed by atoms with Gasteiger partial charge in [0, 0.05) is 17.6 Å². The predicted molar refractivity (Wildman–Crippen MR) is 86.2 cm³/mol. The van der Waals surface area contributed by atoms with E-state index in [-0.39, 0.29) is 5.41 Å². The minimum Gasteiger partial charge on any atom is -0.309 e. The number of rotatable bonds is 4. The lowest BCUT2D eigenvalue weighted by atomic mass is 9.84. The highest BCUT2D eigenvalue weighted by Crippen LogP contribution is 2.53. The summed E-state index contributed by atoms with van der Waals surface area (Å²) in [7, 11) is 0. The van der Waals surface area contributed by atoms with E-state index in [1.165, 1.54) is 24.0 Å². The summed E-state index contributed by atoms with van der Waals surface area (Å²) in [6.07, 6.45) is 3.91. The molecule has 1 nitrogen and oxygen atoms in total. The third-order valence-electron chi connectivity index (χ3n) is 5.62. The second kappa shape index (κ2) is 4.74. The lowest BCUT2D eigenvalue weighted by Crippen LogP contribution is -2.36. The molecule has 1 aromatic carbocycles. The maximum atomic E-state index is 6.21. The first kappa shape index (κ1) is 14.4. The van der Waals surface area contributed by atoms with Crippen molar-refractivity contribution >= 4 is 11.6 Å². The molecule has 0 aliphatic heterocycles. The molecule has 1 saturated carbocycles. The fraction of sp³-hybridized carbons (Fsp3) is 0.667. The molecule has 1 atom stereocenters. The van der Waals surface area contributed by atoms with Gasteiger partial charge in [0.15, 0.2) is 0 Å². The molecule has 1 unspecified atom stereocenters. The molecule has 1 fully saturated rings. The largest absolute Gasteiger partial charge is 0.309 e. The molecule has 110 valence electrons. The Kier molecular flexibility index (Phi) is 3.42. The summed E-state index contributed by atoms with van der Waals surface area (Å²) >= 11 is 6.21. The van der Waals surface area contributed by atoms with Crippen molar-refractivity contribution < 1.29 is 0 Å². The van der Waals surface area contributed by atoms with E-state index in [0.717, 1.165) is 23.9 Å². The van der Waals surface area contributed by atoms with Crippen molar-refractivity contribution in [2.75, 3.05) is 6.54 Å². The van der Waals surface area contributed by atoms with E-state index in [9.17, 15) is 0 Å². The Bertz CT molecular complexity index is 514. The topological polar surface area (TPSA) is 12.0 Å². The Hall–Kier alpha value is -0.530. The molecule has 20 heavy (non-hydrogen) atoms. The summed E-state index contributed by atoms with van der Waals surface area (Å²) in [4.78, 5) is 0. The number of nitrogens with one attached hydrogen (secondary N) is 1. The number of halogens is 1. The van der Waals surface area contributed by atoms with Crippen molar-refractivity contribution in [2.24, 2.45) is 16.7 Å². The third kappa shape index (κ3) is 2.40. The van der Waals surface area contributed by atoms with Gasteiger partial charge in [-0.2, -0.15) is 0 Å². The van der Waals surface area contributed by atoms with E-state index in [1.807, 2.05) is 6.07 Å². The van der Waals surface area contributed by atoms with Crippen LogP contribution in [0.4, 0.5) is 0 Å². The van der Waals surface area contributed by atoms with Gasteiger partial charge < -0.3 is 5.32 Å². The average molecular weight is 292 g/mol. The molecule has 2 aliphatic carbocycles. The van der Waals surface area contributed by atoms with E-state index >= 15 is 0 Å². The summed E-state index contributed by atoms with van der Waals surface area (Å²) in [5.41, 5.74) is 3.71. The summed E-state index contributed by atoms with van der Waals surface area (Å²) in [6, 6.07) is 6.83. The zero-order valence-electron chi connectivity index (χ0n) is 13.1. The fourth-order valence-electron chi connectivity index (χ4n) is 3.82. The summed E-state index contributed by atoms with van der Waals surface area (Å²) in [5, 5.41) is 4.74. The van der Waals surface area contributed by atoms with Crippen molar-refractivity contribution in [2.45, 2.75) is 53.0 Å². The van der Waals surface area contributed by atoms with E-state index in [2.05, 4.69) is 45.1 Å². The van der Waals surface area contributed by atoms with E-state index in [1.54, 1.807) is 0 Å². The quantitative estimate of drug-likeness (QED) is 0.824. The number of hydrogen-bond donors (Lipinski definition) is 1. The Morgan fingerprint density at radius 1 is 1.30 bits per heavy atom. The number of hydrogen-bond acceptors (Lipinski definition) is 1. The van der Waals surface area contributed by atoms with Gasteiger partial charge >= 0.3 is 0 Å². The number of fused-ring (bicyclic) bond motifs is 1. The second-order valence-electron chi connectivity index (χ2n) is 7.84. The normalized spacial score (nSPS) is 25.8. The molecule has 0 saturated heterocycles. The van der Waals surface area contributed by atoms with Gasteiger partial charge in [0.05, 0.1) is 0 Å². The predicted octanol–water partition coefficient (Wildman–Crippen LogP) is 4.99. The smallest absolute Gasteiger partial charge is 0.0409 e. The monoisotopic (exact) mass is 291 g/mol. The van der Waals surface area contributed by atoms with Crippen LogP contribution >= 0.6 is 11.6 Å².